The number of aromatic nitrogens is 1. The minimum Gasteiger partial charge on any atom is -0.318 e. The van der Waals surface area contributed by atoms with Crippen LogP contribution in [0.1, 0.15) is 84.1 Å². The van der Waals surface area contributed by atoms with Gasteiger partial charge in [-0.05, 0) is 81.0 Å². The monoisotopic (exact) mass is 596 g/mol. The molecule has 1 aliphatic rings. The maximum atomic E-state index is 13.1. The van der Waals surface area contributed by atoms with Gasteiger partial charge >= 0.3 is 0 Å². The molecule has 224 valence electrons. The van der Waals surface area contributed by atoms with Gasteiger partial charge in [0.2, 0.25) is 15.9 Å². The zero-order valence-corrected chi connectivity index (χ0v) is 25.9. The van der Waals surface area contributed by atoms with E-state index in [1.807, 2.05) is 38.1 Å². The summed E-state index contributed by atoms with van der Waals surface area (Å²) in [5.74, 6) is 0.268. The normalized spacial score (nSPS) is 15.0. The van der Waals surface area contributed by atoms with Gasteiger partial charge in [0, 0.05) is 29.1 Å². The van der Waals surface area contributed by atoms with E-state index in [0.717, 1.165) is 28.2 Å². The molecule has 0 unspecified atom stereocenters. The molecule has 0 bridgehead atoms. The molecule has 3 aromatic carbocycles. The smallest absolute Gasteiger partial charge is 0.242 e. The Kier molecular flexibility index (Phi) is 9.58. The van der Waals surface area contributed by atoms with Gasteiger partial charge in [0.25, 0.3) is 0 Å². The van der Waals surface area contributed by atoms with Crippen LogP contribution in [-0.2, 0) is 14.8 Å². The van der Waals surface area contributed by atoms with Crippen molar-refractivity contribution in [1.29, 1.82) is 0 Å². The Bertz CT molecular complexity index is 1670. The lowest BCUT2D eigenvalue weighted by Crippen LogP contribution is -2.32. The summed E-state index contributed by atoms with van der Waals surface area (Å²) in [6.07, 6.45) is 8.06. The summed E-state index contributed by atoms with van der Waals surface area (Å²) in [7, 11) is -3.85. The first-order valence-electron chi connectivity index (χ1n) is 15.0. The Morgan fingerprint density at radius 2 is 1.60 bits per heavy atom. The van der Waals surface area contributed by atoms with Crippen molar-refractivity contribution in [2.45, 2.75) is 76.2 Å². The molecule has 0 spiro atoms. The summed E-state index contributed by atoms with van der Waals surface area (Å²) in [5.41, 5.74) is 9.76. The van der Waals surface area contributed by atoms with Crippen LogP contribution in [0.2, 0.25) is 0 Å². The third-order valence-electron chi connectivity index (χ3n) is 8.31. The number of hydrogen-bond acceptors (Lipinski definition) is 4. The molecule has 0 aliphatic heterocycles. The first kappa shape index (κ1) is 30.4. The van der Waals surface area contributed by atoms with Crippen LogP contribution >= 0.6 is 0 Å². The largest absolute Gasteiger partial charge is 0.318 e. The quantitative estimate of drug-likeness (QED) is 0.152. The van der Waals surface area contributed by atoms with Gasteiger partial charge in [-0.2, -0.15) is 5.10 Å². The standard InChI is InChI=1S/C35H40N4O3S/c1-25-14-20-33(21-15-25)43(41,42)38-34(30-12-8-5-9-13-30)23-35(40)37-36-24-31-22-26(2)39(27(31)3)32-18-16-29(17-19-32)28-10-6-4-7-11-28/h5,8-9,12-22,24,28,34,38H,4,6-7,10-11,23H2,1-3H3,(H,37,40)/b36-24-/t34-/m1/s1. The second-order valence-corrected chi connectivity index (χ2v) is 13.2. The van der Waals surface area contributed by atoms with Crippen molar-refractivity contribution in [2.75, 3.05) is 0 Å². The first-order chi connectivity index (χ1) is 20.7. The third-order valence-corrected chi connectivity index (χ3v) is 9.80. The molecule has 2 N–H and O–H groups in total. The fraction of sp³-hybridized carbons (Fsp3) is 0.314. The molecule has 5 rings (SSSR count). The second-order valence-electron chi connectivity index (χ2n) is 11.5. The lowest BCUT2D eigenvalue weighted by atomic mass is 9.84. The molecule has 1 aliphatic carbocycles. The number of carbonyl (C=O) groups excluding carboxylic acids is 1. The highest BCUT2D eigenvalue weighted by Crippen LogP contribution is 2.33. The molecule has 4 aromatic rings. The van der Waals surface area contributed by atoms with E-state index in [4.69, 9.17) is 0 Å². The Morgan fingerprint density at radius 1 is 0.930 bits per heavy atom. The Hall–Kier alpha value is -4.01. The molecule has 1 atom stereocenters. The van der Waals surface area contributed by atoms with Gasteiger partial charge in [-0.3, -0.25) is 4.79 Å². The molecular formula is C35H40N4O3S. The van der Waals surface area contributed by atoms with E-state index >= 15 is 0 Å². The van der Waals surface area contributed by atoms with Crippen molar-refractivity contribution in [2.24, 2.45) is 5.10 Å². The summed E-state index contributed by atoms with van der Waals surface area (Å²) < 4.78 is 31.1. The maximum absolute atomic E-state index is 13.1. The van der Waals surface area contributed by atoms with Crippen molar-refractivity contribution >= 4 is 22.1 Å². The van der Waals surface area contributed by atoms with Crippen molar-refractivity contribution in [3.63, 3.8) is 0 Å². The number of rotatable bonds is 10. The van der Waals surface area contributed by atoms with E-state index in [1.165, 1.54) is 37.7 Å². The van der Waals surface area contributed by atoms with Crippen LogP contribution in [-0.4, -0.2) is 25.1 Å². The number of hydrogen-bond donors (Lipinski definition) is 2. The van der Waals surface area contributed by atoms with Crippen LogP contribution in [0.5, 0.6) is 0 Å². The highest BCUT2D eigenvalue weighted by Gasteiger charge is 2.24. The summed E-state index contributed by atoms with van der Waals surface area (Å²) in [6, 6.07) is 25.9. The molecule has 1 heterocycles. The zero-order chi connectivity index (χ0) is 30.4. The van der Waals surface area contributed by atoms with Gasteiger partial charge in [-0.25, -0.2) is 18.6 Å². The highest BCUT2D eigenvalue weighted by atomic mass is 32.2. The lowest BCUT2D eigenvalue weighted by molar-refractivity contribution is -0.121. The summed E-state index contributed by atoms with van der Waals surface area (Å²) in [5, 5.41) is 4.22. The number of sulfonamides is 1. The lowest BCUT2D eigenvalue weighted by Gasteiger charge is -2.22. The van der Waals surface area contributed by atoms with E-state index in [2.05, 4.69) is 51.0 Å². The summed E-state index contributed by atoms with van der Waals surface area (Å²) in [4.78, 5) is 13.1. The summed E-state index contributed by atoms with van der Waals surface area (Å²) >= 11 is 0. The minimum atomic E-state index is -3.85. The van der Waals surface area contributed by atoms with E-state index in [1.54, 1.807) is 42.6 Å². The minimum absolute atomic E-state index is 0.112. The molecular weight excluding hydrogens is 556 g/mol. The predicted octanol–water partition coefficient (Wildman–Crippen LogP) is 7.01. The van der Waals surface area contributed by atoms with E-state index in [-0.39, 0.29) is 11.3 Å². The van der Waals surface area contributed by atoms with Gasteiger partial charge in [0.15, 0.2) is 0 Å². The molecule has 1 saturated carbocycles. The van der Waals surface area contributed by atoms with Crippen LogP contribution in [0, 0.1) is 20.8 Å². The highest BCUT2D eigenvalue weighted by molar-refractivity contribution is 7.89. The Labute approximate surface area is 255 Å². The molecule has 8 heteroatoms. The first-order valence-corrected chi connectivity index (χ1v) is 16.4. The number of carbonyl (C=O) groups is 1. The van der Waals surface area contributed by atoms with Crippen molar-refractivity contribution in [1.82, 2.24) is 14.7 Å². The molecule has 1 amide bonds. The SMILES string of the molecule is Cc1ccc(S(=O)(=O)N[C@H](CC(=O)N/N=C\c2cc(C)n(-c3ccc(C4CCCCC4)cc3)c2C)c2ccccc2)cc1. The molecule has 1 fully saturated rings. The molecule has 43 heavy (non-hydrogen) atoms. The Morgan fingerprint density at radius 3 is 2.28 bits per heavy atom. The van der Waals surface area contributed by atoms with Gasteiger partial charge in [-0.1, -0.05) is 79.4 Å². The average Bonchev–Trinajstić information content (AvgIpc) is 3.30. The second kappa shape index (κ2) is 13.5. The van der Waals surface area contributed by atoms with Crippen molar-refractivity contribution in [3.05, 3.63) is 119 Å². The van der Waals surface area contributed by atoms with Crippen molar-refractivity contribution in [3.8, 4) is 5.69 Å². The van der Waals surface area contributed by atoms with E-state index in [0.29, 0.717) is 11.5 Å². The number of hydrazone groups is 1. The molecule has 7 nitrogen and oxygen atoms in total. The van der Waals surface area contributed by atoms with Gasteiger partial charge in [0.1, 0.15) is 0 Å². The van der Waals surface area contributed by atoms with E-state index < -0.39 is 22.0 Å². The van der Waals surface area contributed by atoms with Crippen LogP contribution in [0.3, 0.4) is 0 Å². The average molecular weight is 597 g/mol. The van der Waals surface area contributed by atoms with Crippen LogP contribution in [0.4, 0.5) is 0 Å². The van der Waals surface area contributed by atoms with Crippen LogP contribution in [0.25, 0.3) is 5.69 Å². The zero-order valence-electron chi connectivity index (χ0n) is 25.1. The van der Waals surface area contributed by atoms with Gasteiger partial charge < -0.3 is 4.57 Å². The van der Waals surface area contributed by atoms with E-state index in [9.17, 15) is 13.2 Å². The molecule has 0 saturated heterocycles. The fourth-order valence-corrected chi connectivity index (χ4v) is 7.16. The number of benzene rings is 3. The van der Waals surface area contributed by atoms with Crippen molar-refractivity contribution < 1.29 is 13.2 Å². The van der Waals surface area contributed by atoms with Crippen LogP contribution < -0.4 is 10.1 Å². The van der Waals surface area contributed by atoms with Gasteiger partial charge in [0.05, 0.1) is 17.2 Å². The number of nitrogens with one attached hydrogen (secondary N) is 2. The number of amides is 1. The Balaban J connectivity index is 1.26. The maximum Gasteiger partial charge on any atom is 0.242 e. The number of aryl methyl sites for hydroxylation is 2. The summed E-state index contributed by atoms with van der Waals surface area (Å²) in [6.45, 7) is 5.99. The molecule has 1 aromatic heterocycles. The predicted molar refractivity (Wildman–Crippen MR) is 172 cm³/mol. The third kappa shape index (κ3) is 7.50. The molecule has 0 radical (unpaired) electrons. The topological polar surface area (TPSA) is 92.6 Å². The fourth-order valence-electron chi connectivity index (χ4n) is 5.94. The number of nitrogens with zero attached hydrogens (tertiary/aromatic N) is 2. The van der Waals surface area contributed by atoms with Gasteiger partial charge in [-0.15, -0.1) is 0 Å². The van der Waals surface area contributed by atoms with Crippen LogP contribution in [0.15, 0.2) is 94.9 Å².